The van der Waals surface area contributed by atoms with Crippen LogP contribution in [0.4, 0.5) is 5.69 Å². The normalized spacial score (nSPS) is 16.2. The molecular formula is C17H19NO7. The van der Waals surface area contributed by atoms with Gasteiger partial charge in [0.2, 0.25) is 0 Å². The monoisotopic (exact) mass is 355 g/mol. The zero-order valence-electron chi connectivity index (χ0n) is 19.4. The molecule has 0 radical (unpaired) electrons. The van der Waals surface area contributed by atoms with Crippen LogP contribution in [0.15, 0.2) is 29.8 Å². The van der Waals surface area contributed by atoms with E-state index in [1.165, 1.54) is 18.2 Å². The molecule has 134 valence electrons. The first-order chi connectivity index (χ1) is 14.0. The van der Waals surface area contributed by atoms with Crippen LogP contribution in [0.5, 0.6) is 0 Å². The van der Waals surface area contributed by atoms with Gasteiger partial charge < -0.3 is 9.47 Å². The average Bonchev–Trinajstić information content (AvgIpc) is 2.60. The van der Waals surface area contributed by atoms with Crippen LogP contribution in [0.1, 0.15) is 41.3 Å². The van der Waals surface area contributed by atoms with E-state index < -0.39 is 59.8 Å². The van der Waals surface area contributed by atoms with E-state index in [-0.39, 0.29) is 5.56 Å². The molecule has 0 amide bonds. The number of ether oxygens (including phenoxy) is 2. The maximum atomic E-state index is 12.5. The lowest BCUT2D eigenvalue weighted by molar-refractivity contribution is -0.385. The number of esters is 2. The van der Waals surface area contributed by atoms with Crippen molar-refractivity contribution in [2.75, 3.05) is 6.61 Å². The number of Topliss-reactive ketones (excluding diaryl/α,β-unsaturated/α-hetero) is 1. The summed E-state index contributed by atoms with van der Waals surface area (Å²) in [5, 5.41) is 11.1. The van der Waals surface area contributed by atoms with Crippen molar-refractivity contribution in [2.24, 2.45) is 0 Å². The van der Waals surface area contributed by atoms with Gasteiger partial charge in [-0.2, -0.15) is 0 Å². The summed E-state index contributed by atoms with van der Waals surface area (Å²) in [6, 6.07) is 5.16. The fourth-order valence-electron chi connectivity index (χ4n) is 1.76. The predicted octanol–water partition coefficient (Wildman–Crippen LogP) is 2.45. The Morgan fingerprint density at radius 3 is 2.44 bits per heavy atom. The molecule has 0 unspecified atom stereocenters. The van der Waals surface area contributed by atoms with Crippen molar-refractivity contribution in [3.05, 3.63) is 45.5 Å². The summed E-state index contributed by atoms with van der Waals surface area (Å²) in [6.45, 7) is -6.54. The molecule has 0 atom stereocenters. The van der Waals surface area contributed by atoms with Gasteiger partial charge in [0.25, 0.3) is 5.69 Å². The zero-order valence-corrected chi connectivity index (χ0v) is 13.4. The third-order valence-electron chi connectivity index (χ3n) is 2.76. The highest BCUT2D eigenvalue weighted by molar-refractivity contribution is 6.20. The molecule has 0 spiro atoms. The van der Waals surface area contributed by atoms with E-state index in [9.17, 15) is 24.5 Å². The zero-order chi connectivity index (χ0) is 24.2. The van der Waals surface area contributed by atoms with E-state index in [0.717, 1.165) is 26.0 Å². The number of ketones is 1. The fourth-order valence-corrected chi connectivity index (χ4v) is 1.76. The first-order valence-corrected chi connectivity index (χ1v) is 6.86. The lowest BCUT2D eigenvalue weighted by atomic mass is 10.1. The summed E-state index contributed by atoms with van der Waals surface area (Å²) in [5.41, 5.74) is -4.44. The second kappa shape index (κ2) is 8.18. The van der Waals surface area contributed by atoms with Gasteiger partial charge in [-0.3, -0.25) is 19.7 Å². The van der Waals surface area contributed by atoms with E-state index in [4.69, 9.17) is 13.0 Å². The Labute approximate surface area is 153 Å². The van der Waals surface area contributed by atoms with Crippen LogP contribution in [0.3, 0.4) is 0 Å². The van der Waals surface area contributed by atoms with Gasteiger partial charge in [0.1, 0.15) is 17.8 Å². The number of carbonyl (C=O) groups is 3. The maximum absolute atomic E-state index is 12.5. The standard InChI is InChI=1S/C17H19NO7/c1-11(19)14(9-13-7-5-6-8-15(13)18(22)23)16(21)24-10-17(3,4)25-12(2)20/h5-9H,10H2,1-4H3/b14-9-/i3D3,4D3. The highest BCUT2D eigenvalue weighted by Crippen LogP contribution is 2.21. The Kier molecular flexibility index (Phi) is 4.04. The van der Waals surface area contributed by atoms with Crippen LogP contribution < -0.4 is 0 Å². The molecule has 1 rings (SSSR count). The minimum atomic E-state index is -3.43. The van der Waals surface area contributed by atoms with E-state index in [1.54, 1.807) is 0 Å². The molecule has 0 bridgehead atoms. The summed E-state index contributed by atoms with van der Waals surface area (Å²) in [7, 11) is 0. The Morgan fingerprint density at radius 2 is 1.92 bits per heavy atom. The molecule has 8 heteroatoms. The van der Waals surface area contributed by atoms with Crippen LogP contribution in [-0.4, -0.2) is 34.9 Å². The second-order valence-corrected chi connectivity index (χ2v) is 4.93. The van der Waals surface area contributed by atoms with Crippen LogP contribution in [0.2, 0.25) is 0 Å². The molecular weight excluding hydrogens is 330 g/mol. The highest BCUT2D eigenvalue weighted by atomic mass is 16.6. The van der Waals surface area contributed by atoms with Crippen molar-refractivity contribution in [2.45, 2.75) is 33.2 Å². The number of benzene rings is 1. The Hall–Kier alpha value is -3.03. The summed E-state index contributed by atoms with van der Waals surface area (Å²) in [6.07, 6.45) is 0.862. The van der Waals surface area contributed by atoms with Gasteiger partial charge in [0.15, 0.2) is 5.78 Å². The second-order valence-electron chi connectivity index (χ2n) is 4.93. The smallest absolute Gasteiger partial charge is 0.341 e. The summed E-state index contributed by atoms with van der Waals surface area (Å²) < 4.78 is 54.5. The molecule has 0 heterocycles. The molecule has 0 aliphatic carbocycles. The first kappa shape index (κ1) is 12.3. The first-order valence-electron chi connectivity index (χ1n) is 9.86. The van der Waals surface area contributed by atoms with E-state index >= 15 is 0 Å². The summed E-state index contributed by atoms with van der Waals surface area (Å²) in [4.78, 5) is 46.2. The molecule has 1 aromatic rings. The van der Waals surface area contributed by atoms with Gasteiger partial charge in [-0.15, -0.1) is 0 Å². The number of hydrogen-bond donors (Lipinski definition) is 0. The Bertz CT molecular complexity index is 906. The van der Waals surface area contributed by atoms with Crippen molar-refractivity contribution in [1.82, 2.24) is 0 Å². The number of nitro benzene ring substituents is 1. The number of carbonyl (C=O) groups excluding carboxylic acids is 3. The average molecular weight is 355 g/mol. The molecule has 0 saturated heterocycles. The SMILES string of the molecule is [2H]C([2H])([2H])C(COC(=O)/C(=C\c1ccccc1[N+](=O)[O-])C(C)=O)(OC(C)=O)C([2H])([2H])[2H]. The molecule has 0 aliphatic rings. The number of rotatable bonds is 7. The lowest BCUT2D eigenvalue weighted by Crippen LogP contribution is -2.34. The summed E-state index contributed by atoms with van der Waals surface area (Å²) >= 11 is 0. The van der Waals surface area contributed by atoms with Crippen LogP contribution in [0, 0.1) is 10.1 Å². The quantitative estimate of drug-likeness (QED) is 0.184. The highest BCUT2D eigenvalue weighted by Gasteiger charge is 2.26. The minimum Gasteiger partial charge on any atom is -0.458 e. The minimum absolute atomic E-state index is 0.118. The van der Waals surface area contributed by atoms with E-state index in [0.29, 0.717) is 0 Å². The van der Waals surface area contributed by atoms with Crippen molar-refractivity contribution in [3.63, 3.8) is 0 Å². The Balaban J connectivity index is 3.38. The van der Waals surface area contributed by atoms with E-state index in [1.807, 2.05) is 0 Å². The van der Waals surface area contributed by atoms with Gasteiger partial charge in [-0.25, -0.2) is 4.79 Å². The fraction of sp³-hybridized carbons (Fsp3) is 0.353. The van der Waals surface area contributed by atoms with Gasteiger partial charge in [0, 0.05) is 21.2 Å². The van der Waals surface area contributed by atoms with Crippen LogP contribution in [0.25, 0.3) is 6.08 Å². The van der Waals surface area contributed by atoms with Gasteiger partial charge >= 0.3 is 11.9 Å². The lowest BCUT2D eigenvalue weighted by Gasteiger charge is -2.23. The van der Waals surface area contributed by atoms with Gasteiger partial charge in [0.05, 0.1) is 10.5 Å². The third-order valence-corrected chi connectivity index (χ3v) is 2.76. The van der Waals surface area contributed by atoms with Gasteiger partial charge in [-0.1, -0.05) is 12.1 Å². The topological polar surface area (TPSA) is 113 Å². The van der Waals surface area contributed by atoms with Crippen LogP contribution >= 0.6 is 0 Å². The molecule has 1 aromatic carbocycles. The van der Waals surface area contributed by atoms with Crippen molar-refractivity contribution >= 4 is 29.5 Å². The molecule has 0 aromatic heterocycles. The molecule has 8 nitrogen and oxygen atoms in total. The molecule has 0 N–H and O–H groups in total. The third kappa shape index (κ3) is 6.17. The summed E-state index contributed by atoms with van der Waals surface area (Å²) in [5.74, 6) is -3.58. The Morgan fingerprint density at radius 1 is 1.28 bits per heavy atom. The molecule has 25 heavy (non-hydrogen) atoms. The van der Waals surface area contributed by atoms with Crippen LogP contribution in [-0.2, 0) is 23.9 Å². The number of nitro groups is 1. The number of para-hydroxylation sites is 1. The molecule has 0 fully saturated rings. The molecule has 0 saturated carbocycles. The largest absolute Gasteiger partial charge is 0.458 e. The number of hydrogen-bond acceptors (Lipinski definition) is 7. The van der Waals surface area contributed by atoms with E-state index in [2.05, 4.69) is 4.74 Å². The van der Waals surface area contributed by atoms with Crippen molar-refractivity contribution in [1.29, 1.82) is 0 Å². The predicted molar refractivity (Wildman–Crippen MR) is 88.6 cm³/mol. The maximum Gasteiger partial charge on any atom is 0.341 e. The molecule has 0 aliphatic heterocycles. The van der Waals surface area contributed by atoms with Crippen molar-refractivity contribution in [3.8, 4) is 0 Å². The van der Waals surface area contributed by atoms with Crippen molar-refractivity contribution < 1.29 is 37.0 Å². The van der Waals surface area contributed by atoms with Gasteiger partial charge in [-0.05, 0) is 32.8 Å². The number of nitrogens with zero attached hydrogens (tertiary/aromatic N) is 1.